The number of carbonyl (C=O) groups is 2. The van der Waals surface area contributed by atoms with Crippen molar-refractivity contribution in [3.63, 3.8) is 0 Å². The van der Waals surface area contributed by atoms with Crippen LogP contribution in [-0.4, -0.2) is 17.0 Å². The van der Waals surface area contributed by atoms with Crippen molar-refractivity contribution in [1.29, 1.82) is 0 Å². The summed E-state index contributed by atoms with van der Waals surface area (Å²) in [7, 11) is 0. The third-order valence-corrected chi connectivity index (χ3v) is 3.82. The minimum Gasteiger partial charge on any atom is -0.451 e. The molecule has 0 saturated carbocycles. The lowest BCUT2D eigenvalue weighted by atomic mass is 10.1. The summed E-state index contributed by atoms with van der Waals surface area (Å²) in [6, 6.07) is 14.0. The summed E-state index contributed by atoms with van der Waals surface area (Å²) in [5.41, 5.74) is 4.21. The van der Waals surface area contributed by atoms with E-state index in [1.807, 2.05) is 31.2 Å². The van der Waals surface area contributed by atoms with Crippen molar-refractivity contribution in [2.24, 2.45) is 0 Å². The van der Waals surface area contributed by atoms with Crippen molar-refractivity contribution >= 4 is 22.8 Å². The van der Waals surface area contributed by atoms with Crippen LogP contribution in [0, 0.1) is 6.92 Å². The van der Waals surface area contributed by atoms with Gasteiger partial charge in [0, 0.05) is 23.1 Å². The summed E-state index contributed by atoms with van der Waals surface area (Å²) in [6.07, 6.45) is 0. The Morgan fingerprint density at radius 1 is 1.04 bits per heavy atom. The van der Waals surface area contributed by atoms with Crippen molar-refractivity contribution < 1.29 is 19.2 Å². The van der Waals surface area contributed by atoms with E-state index in [1.54, 1.807) is 29.7 Å². The molecule has 3 N–H and O–H groups in total. The van der Waals surface area contributed by atoms with Crippen molar-refractivity contribution in [3.8, 4) is 0 Å². The molecule has 122 valence electrons. The first-order valence-electron chi connectivity index (χ1n) is 7.40. The summed E-state index contributed by atoms with van der Waals surface area (Å²) in [5.74, 6) is -0.572. The highest BCUT2D eigenvalue weighted by Crippen LogP contribution is 2.24. The second-order valence-electron chi connectivity index (χ2n) is 5.37. The highest BCUT2D eigenvalue weighted by atomic mass is 16.5. The highest BCUT2D eigenvalue weighted by Gasteiger charge is 2.17. The van der Waals surface area contributed by atoms with E-state index < -0.39 is 5.91 Å². The van der Waals surface area contributed by atoms with Gasteiger partial charge in [-0.1, -0.05) is 30.3 Å². The number of para-hydroxylation sites is 1. The molecule has 6 heteroatoms. The fourth-order valence-corrected chi connectivity index (χ4v) is 2.49. The van der Waals surface area contributed by atoms with Crippen LogP contribution in [0.2, 0.25) is 0 Å². The van der Waals surface area contributed by atoms with Crippen molar-refractivity contribution in [1.82, 2.24) is 10.8 Å². The smallest absolute Gasteiger partial charge is 0.287 e. The Balaban J connectivity index is 1.70. The van der Waals surface area contributed by atoms with Gasteiger partial charge in [0.1, 0.15) is 5.58 Å². The van der Waals surface area contributed by atoms with E-state index in [0.29, 0.717) is 23.5 Å². The predicted molar refractivity (Wildman–Crippen MR) is 87.8 cm³/mol. The first-order chi connectivity index (χ1) is 11.6. The predicted octanol–water partition coefficient (Wildman–Crippen LogP) is 2.79. The highest BCUT2D eigenvalue weighted by molar-refractivity contribution is 5.98. The maximum Gasteiger partial charge on any atom is 0.287 e. The molecule has 1 heterocycles. The van der Waals surface area contributed by atoms with Crippen molar-refractivity contribution in [2.75, 3.05) is 0 Å². The van der Waals surface area contributed by atoms with Gasteiger partial charge in [-0.2, -0.15) is 0 Å². The van der Waals surface area contributed by atoms with Crippen LogP contribution in [-0.2, 0) is 6.54 Å². The van der Waals surface area contributed by atoms with Crippen LogP contribution in [0.25, 0.3) is 11.0 Å². The normalized spacial score (nSPS) is 10.6. The Labute approximate surface area is 138 Å². The lowest BCUT2D eigenvalue weighted by molar-refractivity contribution is 0.0706. The Morgan fingerprint density at radius 2 is 1.75 bits per heavy atom. The Morgan fingerprint density at radius 3 is 2.42 bits per heavy atom. The number of carbonyl (C=O) groups excluding carboxylic acids is 2. The average molecular weight is 324 g/mol. The van der Waals surface area contributed by atoms with Crippen molar-refractivity contribution in [3.05, 3.63) is 71.0 Å². The molecular formula is C18H16N2O4. The second-order valence-corrected chi connectivity index (χ2v) is 5.37. The largest absolute Gasteiger partial charge is 0.451 e. The maximum atomic E-state index is 12.3. The zero-order valence-electron chi connectivity index (χ0n) is 13.0. The molecule has 3 rings (SSSR count). The molecule has 0 aliphatic carbocycles. The molecule has 3 aromatic rings. The van der Waals surface area contributed by atoms with Gasteiger partial charge in [-0.25, -0.2) is 5.48 Å². The lowest BCUT2D eigenvalue weighted by Gasteiger charge is -2.05. The van der Waals surface area contributed by atoms with E-state index in [0.717, 1.165) is 16.5 Å². The molecule has 2 amide bonds. The van der Waals surface area contributed by atoms with E-state index >= 15 is 0 Å². The number of furan rings is 1. The fourth-order valence-electron chi connectivity index (χ4n) is 2.49. The molecule has 2 aromatic carbocycles. The third kappa shape index (κ3) is 3.00. The number of nitrogens with one attached hydrogen (secondary N) is 2. The molecule has 24 heavy (non-hydrogen) atoms. The van der Waals surface area contributed by atoms with Gasteiger partial charge in [-0.3, -0.25) is 14.8 Å². The molecule has 1 aromatic heterocycles. The van der Waals surface area contributed by atoms with Crippen LogP contribution >= 0.6 is 0 Å². The lowest BCUT2D eigenvalue weighted by Crippen LogP contribution is -2.23. The third-order valence-electron chi connectivity index (χ3n) is 3.82. The van der Waals surface area contributed by atoms with Gasteiger partial charge in [-0.15, -0.1) is 0 Å². The number of hydrogen-bond acceptors (Lipinski definition) is 4. The molecular weight excluding hydrogens is 308 g/mol. The average Bonchev–Trinajstić information content (AvgIpc) is 2.96. The summed E-state index contributed by atoms with van der Waals surface area (Å²) in [4.78, 5) is 23.6. The number of hydrogen-bond donors (Lipinski definition) is 3. The zero-order chi connectivity index (χ0) is 17.1. The molecule has 0 saturated heterocycles. The zero-order valence-corrected chi connectivity index (χ0v) is 13.0. The molecule has 0 spiro atoms. The van der Waals surface area contributed by atoms with Crippen LogP contribution < -0.4 is 10.8 Å². The van der Waals surface area contributed by atoms with Gasteiger partial charge in [0.05, 0.1) is 0 Å². The Hall–Kier alpha value is -3.12. The van der Waals surface area contributed by atoms with Crippen LogP contribution in [0.1, 0.15) is 32.0 Å². The molecule has 0 fully saturated rings. The number of benzene rings is 2. The Kier molecular flexibility index (Phi) is 4.31. The molecule has 0 aliphatic heterocycles. The van der Waals surface area contributed by atoms with E-state index in [4.69, 9.17) is 9.62 Å². The van der Waals surface area contributed by atoms with E-state index in [9.17, 15) is 9.59 Å². The molecule has 0 atom stereocenters. The van der Waals surface area contributed by atoms with E-state index in [2.05, 4.69) is 5.32 Å². The standard InChI is InChI=1S/C18H16N2O4/c1-11-14-4-2-3-5-15(14)24-16(11)18(22)19-10-12-6-8-13(9-7-12)17(21)20-23/h2-9,23H,10H2,1H3,(H,19,22)(H,20,21). The van der Waals surface area contributed by atoms with Gasteiger partial charge >= 0.3 is 0 Å². The molecule has 0 radical (unpaired) electrons. The fraction of sp³-hybridized carbons (Fsp3) is 0.111. The topological polar surface area (TPSA) is 91.6 Å². The summed E-state index contributed by atoms with van der Waals surface area (Å²) < 4.78 is 5.62. The summed E-state index contributed by atoms with van der Waals surface area (Å²) >= 11 is 0. The summed E-state index contributed by atoms with van der Waals surface area (Å²) in [6.45, 7) is 2.15. The van der Waals surface area contributed by atoms with Gasteiger partial charge in [0.15, 0.2) is 5.76 Å². The van der Waals surface area contributed by atoms with E-state index in [-0.39, 0.29) is 5.91 Å². The van der Waals surface area contributed by atoms with Crippen LogP contribution in [0.4, 0.5) is 0 Å². The quantitative estimate of drug-likeness (QED) is 0.508. The monoisotopic (exact) mass is 324 g/mol. The minimum absolute atomic E-state index is 0.291. The maximum absolute atomic E-state index is 12.3. The van der Waals surface area contributed by atoms with Gasteiger partial charge in [-0.05, 0) is 30.7 Å². The van der Waals surface area contributed by atoms with Crippen LogP contribution in [0.3, 0.4) is 0 Å². The number of amides is 2. The second kappa shape index (κ2) is 6.55. The SMILES string of the molecule is Cc1c(C(=O)NCc2ccc(C(=O)NO)cc2)oc2ccccc12. The number of fused-ring (bicyclic) bond motifs is 1. The molecule has 0 bridgehead atoms. The molecule has 0 unspecified atom stereocenters. The van der Waals surface area contributed by atoms with Crippen LogP contribution in [0.5, 0.6) is 0 Å². The van der Waals surface area contributed by atoms with Gasteiger partial charge < -0.3 is 9.73 Å². The van der Waals surface area contributed by atoms with Gasteiger partial charge in [0.25, 0.3) is 11.8 Å². The first-order valence-corrected chi connectivity index (χ1v) is 7.40. The van der Waals surface area contributed by atoms with E-state index in [1.165, 1.54) is 0 Å². The number of aryl methyl sites for hydroxylation is 1. The molecule has 6 nitrogen and oxygen atoms in total. The molecule has 0 aliphatic rings. The summed E-state index contributed by atoms with van der Waals surface area (Å²) in [5, 5.41) is 12.3. The number of rotatable bonds is 4. The van der Waals surface area contributed by atoms with Gasteiger partial charge in [0.2, 0.25) is 0 Å². The number of hydroxylamine groups is 1. The van der Waals surface area contributed by atoms with Crippen LogP contribution in [0.15, 0.2) is 52.9 Å². The first kappa shape index (κ1) is 15.8. The minimum atomic E-state index is -0.580. The Bertz CT molecular complexity index is 897. The van der Waals surface area contributed by atoms with Crippen molar-refractivity contribution in [2.45, 2.75) is 13.5 Å².